The summed E-state index contributed by atoms with van der Waals surface area (Å²) in [6.45, 7) is 5.95. The molecule has 5 nitrogen and oxygen atoms in total. The second-order valence-electron chi connectivity index (χ2n) is 5.00. The molecule has 100 valence electrons. The van der Waals surface area contributed by atoms with Gasteiger partial charge in [0.1, 0.15) is 18.3 Å². The summed E-state index contributed by atoms with van der Waals surface area (Å²) >= 11 is 0. The van der Waals surface area contributed by atoms with Gasteiger partial charge in [-0.2, -0.15) is 0 Å². The third-order valence-electron chi connectivity index (χ3n) is 2.21. The van der Waals surface area contributed by atoms with Crippen molar-refractivity contribution in [2.75, 3.05) is 6.61 Å². The van der Waals surface area contributed by atoms with Gasteiger partial charge in [0.25, 0.3) is 0 Å². The zero-order valence-electron chi connectivity index (χ0n) is 10.9. The standard InChI is InChI=1S/C12H22O5/c1-8(13)5-6-10(14)9(2)11(15)17-7-12(3,4)16/h8-9,13,16H,5-7H2,1-4H3. The van der Waals surface area contributed by atoms with Crippen LogP contribution in [0.25, 0.3) is 0 Å². The Hall–Kier alpha value is -0.940. The van der Waals surface area contributed by atoms with Crippen molar-refractivity contribution in [3.8, 4) is 0 Å². The van der Waals surface area contributed by atoms with Crippen molar-refractivity contribution in [3.63, 3.8) is 0 Å². The number of carbonyl (C=O) groups excluding carboxylic acids is 2. The molecule has 0 spiro atoms. The van der Waals surface area contributed by atoms with Crippen molar-refractivity contribution >= 4 is 11.8 Å². The van der Waals surface area contributed by atoms with Crippen LogP contribution in [0.3, 0.4) is 0 Å². The van der Waals surface area contributed by atoms with E-state index in [1.807, 2.05) is 0 Å². The van der Waals surface area contributed by atoms with Crippen LogP contribution in [0.1, 0.15) is 40.5 Å². The average molecular weight is 246 g/mol. The number of aliphatic hydroxyl groups is 2. The van der Waals surface area contributed by atoms with Crippen LogP contribution in [-0.2, 0) is 14.3 Å². The number of Topliss-reactive ketones (excluding diaryl/α,β-unsaturated/α-hetero) is 1. The molecule has 0 heterocycles. The second-order valence-corrected chi connectivity index (χ2v) is 5.00. The molecule has 0 aliphatic heterocycles. The van der Waals surface area contributed by atoms with Crippen LogP contribution in [0.4, 0.5) is 0 Å². The van der Waals surface area contributed by atoms with Gasteiger partial charge in [-0.25, -0.2) is 0 Å². The molecule has 0 fully saturated rings. The second kappa shape index (κ2) is 6.71. The highest BCUT2D eigenvalue weighted by atomic mass is 16.5. The summed E-state index contributed by atoms with van der Waals surface area (Å²) in [5.74, 6) is -1.74. The third-order valence-corrected chi connectivity index (χ3v) is 2.21. The largest absolute Gasteiger partial charge is 0.462 e. The summed E-state index contributed by atoms with van der Waals surface area (Å²) < 4.78 is 4.82. The Kier molecular flexibility index (Phi) is 6.34. The Morgan fingerprint density at radius 3 is 2.24 bits per heavy atom. The zero-order chi connectivity index (χ0) is 13.6. The van der Waals surface area contributed by atoms with Gasteiger partial charge in [-0.3, -0.25) is 9.59 Å². The first-order valence-corrected chi connectivity index (χ1v) is 5.73. The van der Waals surface area contributed by atoms with E-state index in [0.717, 1.165) is 0 Å². The molecule has 0 aromatic heterocycles. The number of hydrogen-bond donors (Lipinski definition) is 2. The van der Waals surface area contributed by atoms with E-state index in [1.54, 1.807) is 6.92 Å². The molecule has 2 unspecified atom stereocenters. The minimum atomic E-state index is -1.10. The first-order chi connectivity index (χ1) is 7.63. The number of hydrogen-bond acceptors (Lipinski definition) is 5. The van der Waals surface area contributed by atoms with Gasteiger partial charge in [0, 0.05) is 6.42 Å². The molecule has 0 radical (unpaired) electrons. The minimum Gasteiger partial charge on any atom is -0.462 e. The molecule has 0 amide bonds. The lowest BCUT2D eigenvalue weighted by molar-refractivity contribution is -0.156. The Morgan fingerprint density at radius 1 is 1.29 bits per heavy atom. The normalized spacial score (nSPS) is 15.2. The molecule has 17 heavy (non-hydrogen) atoms. The van der Waals surface area contributed by atoms with E-state index >= 15 is 0 Å². The van der Waals surface area contributed by atoms with Crippen LogP contribution in [0, 0.1) is 5.92 Å². The number of esters is 1. The van der Waals surface area contributed by atoms with Crippen LogP contribution in [0.5, 0.6) is 0 Å². The molecule has 0 aromatic rings. The fraction of sp³-hybridized carbons (Fsp3) is 0.833. The summed E-state index contributed by atoms with van der Waals surface area (Å²) in [5, 5.41) is 18.4. The number of carbonyl (C=O) groups is 2. The maximum absolute atomic E-state index is 11.5. The highest BCUT2D eigenvalue weighted by Crippen LogP contribution is 2.09. The topological polar surface area (TPSA) is 83.8 Å². The van der Waals surface area contributed by atoms with E-state index in [4.69, 9.17) is 9.84 Å². The van der Waals surface area contributed by atoms with Gasteiger partial charge in [0.05, 0.1) is 11.7 Å². The van der Waals surface area contributed by atoms with E-state index in [2.05, 4.69) is 0 Å². The molecule has 2 N–H and O–H groups in total. The van der Waals surface area contributed by atoms with Gasteiger partial charge >= 0.3 is 5.97 Å². The maximum Gasteiger partial charge on any atom is 0.316 e. The number of ether oxygens (including phenoxy) is 1. The summed E-state index contributed by atoms with van der Waals surface area (Å²) in [6.07, 6.45) is -0.0724. The van der Waals surface area contributed by atoms with Gasteiger partial charge in [-0.05, 0) is 34.1 Å². The van der Waals surface area contributed by atoms with Crippen molar-refractivity contribution in [1.82, 2.24) is 0 Å². The van der Waals surface area contributed by atoms with E-state index in [9.17, 15) is 14.7 Å². The molecular formula is C12H22O5. The molecule has 0 saturated carbocycles. The Bertz CT molecular complexity index is 265. The Balaban J connectivity index is 4.08. The fourth-order valence-electron chi connectivity index (χ4n) is 1.07. The maximum atomic E-state index is 11.5. The summed E-state index contributed by atoms with van der Waals surface area (Å²) in [7, 11) is 0. The number of ketones is 1. The highest BCUT2D eigenvalue weighted by Gasteiger charge is 2.25. The Morgan fingerprint density at radius 2 is 1.82 bits per heavy atom. The minimum absolute atomic E-state index is 0.139. The van der Waals surface area contributed by atoms with Crippen molar-refractivity contribution < 1.29 is 24.5 Å². The molecule has 0 saturated heterocycles. The lowest BCUT2D eigenvalue weighted by atomic mass is 10.0. The van der Waals surface area contributed by atoms with Crippen LogP contribution in [0.15, 0.2) is 0 Å². The van der Waals surface area contributed by atoms with Gasteiger partial charge in [0.15, 0.2) is 0 Å². The molecule has 0 bridgehead atoms. The zero-order valence-corrected chi connectivity index (χ0v) is 10.9. The number of rotatable bonds is 7. The van der Waals surface area contributed by atoms with Crippen molar-refractivity contribution in [2.45, 2.75) is 52.2 Å². The van der Waals surface area contributed by atoms with Crippen molar-refractivity contribution in [2.24, 2.45) is 5.92 Å². The van der Waals surface area contributed by atoms with Gasteiger partial charge in [0.2, 0.25) is 0 Å². The average Bonchev–Trinajstić information content (AvgIpc) is 2.20. The molecule has 0 rings (SSSR count). The first kappa shape index (κ1) is 16.1. The quantitative estimate of drug-likeness (QED) is 0.509. The van der Waals surface area contributed by atoms with Crippen LogP contribution >= 0.6 is 0 Å². The molecule has 0 aromatic carbocycles. The summed E-state index contributed by atoms with van der Waals surface area (Å²) in [5.41, 5.74) is -1.10. The lowest BCUT2D eigenvalue weighted by Gasteiger charge is -2.18. The van der Waals surface area contributed by atoms with E-state index in [1.165, 1.54) is 20.8 Å². The monoisotopic (exact) mass is 246 g/mol. The van der Waals surface area contributed by atoms with Gasteiger partial charge in [-0.15, -0.1) is 0 Å². The predicted molar refractivity (Wildman–Crippen MR) is 62.3 cm³/mol. The van der Waals surface area contributed by atoms with Crippen LogP contribution < -0.4 is 0 Å². The molecule has 0 aliphatic rings. The fourth-order valence-corrected chi connectivity index (χ4v) is 1.07. The molecule has 2 atom stereocenters. The van der Waals surface area contributed by atoms with Crippen LogP contribution in [0.2, 0.25) is 0 Å². The molecule has 0 aliphatic carbocycles. The van der Waals surface area contributed by atoms with E-state index in [-0.39, 0.29) is 18.8 Å². The first-order valence-electron chi connectivity index (χ1n) is 5.73. The molecular weight excluding hydrogens is 224 g/mol. The van der Waals surface area contributed by atoms with Crippen molar-refractivity contribution in [3.05, 3.63) is 0 Å². The number of aliphatic hydroxyl groups excluding tert-OH is 1. The molecule has 5 heteroatoms. The van der Waals surface area contributed by atoms with Gasteiger partial charge < -0.3 is 14.9 Å². The SMILES string of the molecule is CC(O)CCC(=O)C(C)C(=O)OCC(C)(C)O. The van der Waals surface area contributed by atoms with Crippen molar-refractivity contribution in [1.29, 1.82) is 0 Å². The lowest BCUT2D eigenvalue weighted by Crippen LogP contribution is -2.31. The third kappa shape index (κ3) is 7.88. The summed E-state index contributed by atoms with van der Waals surface area (Å²) in [6, 6.07) is 0. The van der Waals surface area contributed by atoms with Gasteiger partial charge in [-0.1, -0.05) is 0 Å². The van der Waals surface area contributed by atoms with E-state index in [0.29, 0.717) is 6.42 Å². The predicted octanol–water partition coefficient (Wildman–Crippen LogP) is 0.667. The smallest absolute Gasteiger partial charge is 0.316 e. The van der Waals surface area contributed by atoms with Crippen LogP contribution in [-0.4, -0.2) is 40.3 Å². The highest BCUT2D eigenvalue weighted by molar-refractivity contribution is 5.98. The summed E-state index contributed by atoms with van der Waals surface area (Å²) in [4.78, 5) is 23.0. The Labute approximate surface area is 102 Å². The van der Waals surface area contributed by atoms with E-state index < -0.39 is 23.6 Å².